The third kappa shape index (κ3) is 4.41. The molecule has 0 N–H and O–H groups in total. The first-order chi connectivity index (χ1) is 7.34. The summed E-state index contributed by atoms with van der Waals surface area (Å²) in [5.41, 5.74) is 1.97. The van der Waals surface area contributed by atoms with E-state index in [0.717, 1.165) is 11.3 Å². The molecule has 1 aromatic carbocycles. The van der Waals surface area contributed by atoms with Crippen LogP contribution in [0, 0.1) is 0 Å². The Bertz CT molecular complexity index is 471. The maximum atomic E-state index is 4.87. The number of aromatic nitrogens is 2. The third-order valence-corrected chi connectivity index (χ3v) is 2.10. The van der Waals surface area contributed by atoms with Gasteiger partial charge < -0.3 is 12.6 Å². The molecule has 0 atom stereocenters. The summed E-state index contributed by atoms with van der Waals surface area (Å²) in [6, 6.07) is 11.9. The van der Waals surface area contributed by atoms with Gasteiger partial charge in [-0.25, -0.2) is 0 Å². The van der Waals surface area contributed by atoms with Crippen LogP contribution in [0.3, 0.4) is 0 Å². The van der Waals surface area contributed by atoms with Crippen molar-refractivity contribution in [1.29, 1.82) is 0 Å². The van der Waals surface area contributed by atoms with Crippen LogP contribution in [0.25, 0.3) is 12.2 Å². The molecular formula is C12H9KN2S. The first kappa shape index (κ1) is 14.0. The predicted molar refractivity (Wildman–Crippen MR) is 63.0 cm³/mol. The van der Waals surface area contributed by atoms with Crippen molar-refractivity contribution in [2.45, 2.75) is 5.16 Å². The summed E-state index contributed by atoms with van der Waals surface area (Å²) in [6.45, 7) is 0. The zero-order valence-corrected chi connectivity index (χ0v) is 12.9. The van der Waals surface area contributed by atoms with E-state index in [1.807, 2.05) is 48.6 Å². The van der Waals surface area contributed by atoms with E-state index >= 15 is 0 Å². The molecule has 2 nitrogen and oxygen atoms in total. The molecule has 16 heavy (non-hydrogen) atoms. The van der Waals surface area contributed by atoms with Gasteiger partial charge in [-0.15, -0.1) is 0 Å². The standard InChI is InChI=1S/C12H10N2S.K/c15-12-13-9-8-11(14-12)7-6-10-4-2-1-3-5-10;/h1-9H,(H,13,14,15);/q;+1/p-1/b7-6-;. The number of nitrogens with zero attached hydrogens (tertiary/aromatic N) is 2. The van der Waals surface area contributed by atoms with Crippen LogP contribution in [0.1, 0.15) is 11.3 Å². The van der Waals surface area contributed by atoms with Crippen molar-refractivity contribution < 1.29 is 51.4 Å². The van der Waals surface area contributed by atoms with Crippen LogP contribution < -0.4 is 51.4 Å². The van der Waals surface area contributed by atoms with Crippen LogP contribution >= 0.6 is 0 Å². The Morgan fingerprint density at radius 2 is 1.75 bits per heavy atom. The fourth-order valence-corrected chi connectivity index (χ4v) is 1.36. The van der Waals surface area contributed by atoms with E-state index < -0.39 is 0 Å². The topological polar surface area (TPSA) is 25.8 Å². The van der Waals surface area contributed by atoms with E-state index in [1.165, 1.54) is 0 Å². The summed E-state index contributed by atoms with van der Waals surface area (Å²) in [5, 5.41) is 0.380. The number of hydrogen-bond acceptors (Lipinski definition) is 3. The maximum absolute atomic E-state index is 4.87. The molecule has 0 unspecified atom stereocenters. The van der Waals surface area contributed by atoms with E-state index in [0.29, 0.717) is 5.16 Å². The second-order valence-corrected chi connectivity index (χ2v) is 3.37. The molecule has 2 aromatic rings. The van der Waals surface area contributed by atoms with Crippen LogP contribution in [-0.2, 0) is 12.6 Å². The molecule has 0 aliphatic rings. The summed E-state index contributed by atoms with van der Waals surface area (Å²) < 4.78 is 0. The summed E-state index contributed by atoms with van der Waals surface area (Å²) in [4.78, 5) is 7.97. The van der Waals surface area contributed by atoms with Gasteiger partial charge in [0.2, 0.25) is 0 Å². The van der Waals surface area contributed by atoms with Gasteiger partial charge in [0.25, 0.3) is 0 Å². The monoisotopic (exact) mass is 252 g/mol. The molecule has 1 aromatic heterocycles. The fraction of sp³-hybridized carbons (Fsp3) is 0. The van der Waals surface area contributed by atoms with Gasteiger partial charge >= 0.3 is 51.4 Å². The predicted octanol–water partition coefficient (Wildman–Crippen LogP) is -0.443. The SMILES string of the molecule is [K+].[S-]c1nccc(/C=C\c2ccccc2)n1. The molecule has 0 saturated carbocycles. The Hall–Kier alpha value is -0.104. The number of rotatable bonds is 2. The molecule has 0 bridgehead atoms. The zero-order valence-electron chi connectivity index (χ0n) is 9.00. The van der Waals surface area contributed by atoms with Gasteiger partial charge in [0.15, 0.2) is 0 Å². The van der Waals surface area contributed by atoms with E-state index in [-0.39, 0.29) is 51.4 Å². The van der Waals surface area contributed by atoms with Crippen LogP contribution in [0.2, 0.25) is 0 Å². The molecule has 0 aliphatic carbocycles. The smallest absolute Gasteiger partial charge is 0.740 e. The van der Waals surface area contributed by atoms with E-state index in [2.05, 4.69) is 9.97 Å². The normalized spacial score (nSPS) is 10.0. The molecule has 0 spiro atoms. The summed E-state index contributed by atoms with van der Waals surface area (Å²) in [6.07, 6.45) is 5.59. The second-order valence-electron chi connectivity index (χ2n) is 3.01. The molecule has 4 heteroatoms. The minimum Gasteiger partial charge on any atom is -0.740 e. The quantitative estimate of drug-likeness (QED) is 0.412. The molecule has 74 valence electrons. The average molecular weight is 252 g/mol. The Labute approximate surface area is 143 Å². The largest absolute Gasteiger partial charge is 1.00 e. The van der Waals surface area contributed by atoms with Gasteiger partial charge in [-0.05, 0) is 17.7 Å². The van der Waals surface area contributed by atoms with Gasteiger partial charge in [-0.1, -0.05) is 36.4 Å². The Kier molecular flexibility index (Phi) is 6.34. The first-order valence-electron chi connectivity index (χ1n) is 4.58. The minimum absolute atomic E-state index is 0. The Morgan fingerprint density at radius 1 is 1.00 bits per heavy atom. The number of hydrogen-bond donors (Lipinski definition) is 0. The minimum atomic E-state index is 0. The van der Waals surface area contributed by atoms with Crippen LogP contribution in [0.5, 0.6) is 0 Å². The molecule has 0 amide bonds. The third-order valence-electron chi connectivity index (χ3n) is 1.90. The van der Waals surface area contributed by atoms with E-state index in [4.69, 9.17) is 12.6 Å². The van der Waals surface area contributed by atoms with Crippen molar-refractivity contribution in [2.24, 2.45) is 0 Å². The summed E-state index contributed by atoms with van der Waals surface area (Å²) >= 11 is 4.87. The van der Waals surface area contributed by atoms with Crippen molar-refractivity contribution in [1.82, 2.24) is 9.97 Å². The maximum Gasteiger partial charge on any atom is 1.00 e. The Balaban J connectivity index is 0.00000128. The fourth-order valence-electron chi connectivity index (χ4n) is 1.19. The molecule has 0 radical (unpaired) electrons. The molecule has 0 saturated heterocycles. The van der Waals surface area contributed by atoms with Crippen molar-refractivity contribution in [3.05, 3.63) is 53.9 Å². The zero-order chi connectivity index (χ0) is 10.5. The van der Waals surface area contributed by atoms with Crippen molar-refractivity contribution in [2.75, 3.05) is 0 Å². The van der Waals surface area contributed by atoms with Gasteiger partial charge in [0, 0.05) is 11.4 Å². The Morgan fingerprint density at radius 3 is 2.44 bits per heavy atom. The molecule has 0 fully saturated rings. The molecule has 0 aliphatic heterocycles. The second kappa shape index (κ2) is 7.27. The molecule has 1 heterocycles. The van der Waals surface area contributed by atoms with Gasteiger partial charge in [0.05, 0.1) is 5.69 Å². The summed E-state index contributed by atoms with van der Waals surface area (Å²) in [5.74, 6) is 0. The van der Waals surface area contributed by atoms with Gasteiger partial charge in [-0.2, -0.15) is 0 Å². The number of benzene rings is 1. The molecular weight excluding hydrogens is 243 g/mol. The van der Waals surface area contributed by atoms with Crippen molar-refractivity contribution in [3.63, 3.8) is 0 Å². The molecule has 2 rings (SSSR count). The van der Waals surface area contributed by atoms with Crippen LogP contribution in [0.4, 0.5) is 0 Å². The first-order valence-corrected chi connectivity index (χ1v) is 4.98. The average Bonchev–Trinajstić information content (AvgIpc) is 2.28. The summed E-state index contributed by atoms with van der Waals surface area (Å²) in [7, 11) is 0. The van der Waals surface area contributed by atoms with Gasteiger partial charge in [-0.3, -0.25) is 9.97 Å². The van der Waals surface area contributed by atoms with Gasteiger partial charge in [0.1, 0.15) is 0 Å². The van der Waals surface area contributed by atoms with Crippen LogP contribution in [-0.4, -0.2) is 9.97 Å². The van der Waals surface area contributed by atoms with E-state index in [9.17, 15) is 0 Å². The van der Waals surface area contributed by atoms with Crippen LogP contribution in [0.15, 0.2) is 47.8 Å². The van der Waals surface area contributed by atoms with Crippen molar-refractivity contribution in [3.8, 4) is 0 Å². The van der Waals surface area contributed by atoms with Crippen molar-refractivity contribution >= 4 is 24.8 Å². The van der Waals surface area contributed by atoms with E-state index in [1.54, 1.807) is 6.20 Å².